The van der Waals surface area contributed by atoms with Gasteiger partial charge in [-0.1, -0.05) is 17.3 Å². The molecule has 1 aromatic carbocycles. The molecule has 0 aliphatic carbocycles. The zero-order valence-electron chi connectivity index (χ0n) is 13.4. The monoisotopic (exact) mass is 351 g/mol. The highest BCUT2D eigenvalue weighted by atomic mass is 35.5. The molecule has 3 rings (SSSR count). The van der Waals surface area contributed by atoms with Gasteiger partial charge in [0.1, 0.15) is 5.52 Å². The molecule has 1 aliphatic heterocycles. The van der Waals surface area contributed by atoms with Gasteiger partial charge in [0.25, 0.3) is 5.56 Å². The highest BCUT2D eigenvalue weighted by Crippen LogP contribution is 2.08. The van der Waals surface area contributed by atoms with Gasteiger partial charge in [0.2, 0.25) is 5.91 Å². The Hall–Kier alpha value is -1.99. The van der Waals surface area contributed by atoms with Crippen molar-refractivity contribution in [2.45, 2.75) is 25.8 Å². The second-order valence-corrected chi connectivity index (χ2v) is 5.90. The summed E-state index contributed by atoms with van der Waals surface area (Å²) in [6, 6.07) is 7.08. The molecule has 1 atom stereocenters. The molecule has 1 unspecified atom stereocenters. The minimum absolute atomic E-state index is 0. The number of aryl methyl sites for hydroxylation is 1. The van der Waals surface area contributed by atoms with Gasteiger partial charge in [0.05, 0.1) is 11.9 Å². The van der Waals surface area contributed by atoms with Crippen LogP contribution in [0.1, 0.15) is 19.3 Å². The number of aromatic nitrogens is 3. The number of halogens is 1. The number of piperidine rings is 1. The van der Waals surface area contributed by atoms with Crippen LogP contribution in [0.2, 0.25) is 0 Å². The first-order valence-corrected chi connectivity index (χ1v) is 8.04. The topological polar surface area (TPSA) is 88.9 Å². The lowest BCUT2D eigenvalue weighted by atomic mass is 10.00. The standard InChI is InChI=1S/C16H21N5O2.ClH/c22-15(18-11-12-4-3-8-17-10-12)7-9-21-16(23)13-5-1-2-6-14(13)19-20-21;/h1-2,5-6,12,17H,3-4,7-11H2,(H,18,22);1H. The lowest BCUT2D eigenvalue weighted by Crippen LogP contribution is -2.38. The molecule has 8 heteroatoms. The van der Waals surface area contributed by atoms with E-state index in [1.54, 1.807) is 18.2 Å². The fourth-order valence-electron chi connectivity index (χ4n) is 2.82. The molecule has 24 heavy (non-hydrogen) atoms. The fraction of sp³-hybridized carbons (Fsp3) is 0.500. The molecule has 2 N–H and O–H groups in total. The van der Waals surface area contributed by atoms with E-state index >= 15 is 0 Å². The average molecular weight is 352 g/mol. The van der Waals surface area contributed by atoms with E-state index < -0.39 is 0 Å². The highest BCUT2D eigenvalue weighted by Gasteiger charge is 2.14. The summed E-state index contributed by atoms with van der Waals surface area (Å²) in [4.78, 5) is 24.2. The number of nitrogens with one attached hydrogen (secondary N) is 2. The quantitative estimate of drug-likeness (QED) is 0.828. The van der Waals surface area contributed by atoms with Gasteiger partial charge >= 0.3 is 0 Å². The number of benzene rings is 1. The second kappa shape index (κ2) is 8.75. The Balaban J connectivity index is 0.00000208. The van der Waals surface area contributed by atoms with E-state index in [-0.39, 0.29) is 36.8 Å². The predicted molar refractivity (Wildman–Crippen MR) is 94.3 cm³/mol. The second-order valence-electron chi connectivity index (χ2n) is 5.90. The van der Waals surface area contributed by atoms with E-state index in [1.807, 2.05) is 6.07 Å². The number of nitrogens with zero attached hydrogens (tertiary/aromatic N) is 3. The molecule has 1 fully saturated rings. The van der Waals surface area contributed by atoms with E-state index in [9.17, 15) is 9.59 Å². The van der Waals surface area contributed by atoms with Gasteiger partial charge < -0.3 is 10.6 Å². The van der Waals surface area contributed by atoms with Crippen molar-refractivity contribution >= 4 is 29.2 Å². The van der Waals surface area contributed by atoms with Crippen molar-refractivity contribution in [1.29, 1.82) is 0 Å². The summed E-state index contributed by atoms with van der Waals surface area (Å²) in [7, 11) is 0. The van der Waals surface area contributed by atoms with Crippen LogP contribution in [0.25, 0.3) is 10.9 Å². The number of fused-ring (bicyclic) bond motifs is 1. The Morgan fingerprint density at radius 1 is 1.38 bits per heavy atom. The van der Waals surface area contributed by atoms with Crippen molar-refractivity contribution in [3.63, 3.8) is 0 Å². The lowest BCUT2D eigenvalue weighted by molar-refractivity contribution is -0.121. The lowest BCUT2D eigenvalue weighted by Gasteiger charge is -2.22. The molecule has 2 heterocycles. The van der Waals surface area contributed by atoms with Crippen molar-refractivity contribution in [2.75, 3.05) is 19.6 Å². The molecule has 0 spiro atoms. The Bertz CT molecular complexity index is 743. The molecular formula is C16H22ClN5O2. The molecular weight excluding hydrogens is 330 g/mol. The third kappa shape index (κ3) is 4.52. The van der Waals surface area contributed by atoms with Crippen molar-refractivity contribution in [3.05, 3.63) is 34.6 Å². The Labute approximate surface area is 146 Å². The van der Waals surface area contributed by atoms with E-state index in [1.165, 1.54) is 4.68 Å². The molecule has 1 saturated heterocycles. The third-order valence-electron chi connectivity index (χ3n) is 4.17. The van der Waals surface area contributed by atoms with E-state index in [0.29, 0.717) is 23.4 Å². The Morgan fingerprint density at radius 3 is 3.00 bits per heavy atom. The van der Waals surface area contributed by atoms with Gasteiger partial charge in [-0.05, 0) is 44.0 Å². The summed E-state index contributed by atoms with van der Waals surface area (Å²) < 4.78 is 1.25. The maximum atomic E-state index is 12.3. The molecule has 7 nitrogen and oxygen atoms in total. The highest BCUT2D eigenvalue weighted by molar-refractivity contribution is 5.85. The van der Waals surface area contributed by atoms with Crippen LogP contribution in [-0.4, -0.2) is 40.5 Å². The van der Waals surface area contributed by atoms with Crippen molar-refractivity contribution in [1.82, 2.24) is 25.6 Å². The predicted octanol–water partition coefficient (Wildman–Crippen LogP) is 0.719. The summed E-state index contributed by atoms with van der Waals surface area (Å²) in [5.74, 6) is 0.438. The van der Waals surface area contributed by atoms with E-state index in [2.05, 4.69) is 20.9 Å². The number of hydrogen-bond donors (Lipinski definition) is 2. The van der Waals surface area contributed by atoms with Gasteiger partial charge in [0.15, 0.2) is 0 Å². The number of rotatable bonds is 5. The summed E-state index contributed by atoms with van der Waals surface area (Å²) in [5.41, 5.74) is 0.364. The molecule has 1 amide bonds. The van der Waals surface area contributed by atoms with Gasteiger partial charge in [-0.15, -0.1) is 17.5 Å². The first kappa shape index (κ1) is 18.4. The molecule has 0 bridgehead atoms. The van der Waals surface area contributed by atoms with Gasteiger partial charge in [0, 0.05) is 13.0 Å². The summed E-state index contributed by atoms with van der Waals surface area (Å²) >= 11 is 0. The van der Waals surface area contributed by atoms with Crippen LogP contribution in [-0.2, 0) is 11.3 Å². The van der Waals surface area contributed by atoms with E-state index in [0.717, 1.165) is 25.9 Å². The SMILES string of the molecule is Cl.O=C(CCn1nnc2ccccc2c1=O)NCC1CCCNC1. The number of hydrogen-bond acceptors (Lipinski definition) is 5. The molecule has 130 valence electrons. The smallest absolute Gasteiger partial charge is 0.277 e. The number of carbonyl (C=O) groups is 1. The largest absolute Gasteiger partial charge is 0.356 e. The van der Waals surface area contributed by atoms with Crippen LogP contribution >= 0.6 is 12.4 Å². The van der Waals surface area contributed by atoms with Crippen LogP contribution < -0.4 is 16.2 Å². The van der Waals surface area contributed by atoms with Crippen LogP contribution in [0.15, 0.2) is 29.1 Å². The number of amides is 1. The first-order valence-electron chi connectivity index (χ1n) is 8.04. The Kier molecular flexibility index (Phi) is 6.69. The summed E-state index contributed by atoms with van der Waals surface area (Å²) in [6.45, 7) is 2.94. The van der Waals surface area contributed by atoms with Crippen LogP contribution in [0.4, 0.5) is 0 Å². The van der Waals surface area contributed by atoms with Crippen molar-refractivity contribution in [2.24, 2.45) is 5.92 Å². The molecule has 1 aliphatic rings. The minimum Gasteiger partial charge on any atom is -0.356 e. The maximum Gasteiger partial charge on any atom is 0.277 e. The molecule has 1 aromatic heterocycles. The van der Waals surface area contributed by atoms with Crippen LogP contribution in [0.5, 0.6) is 0 Å². The van der Waals surface area contributed by atoms with E-state index in [4.69, 9.17) is 0 Å². The zero-order valence-corrected chi connectivity index (χ0v) is 14.2. The number of carbonyl (C=O) groups excluding carboxylic acids is 1. The molecule has 0 radical (unpaired) electrons. The summed E-state index contributed by atoms with van der Waals surface area (Å²) in [6.07, 6.45) is 2.53. The molecule has 2 aromatic rings. The minimum atomic E-state index is -0.208. The third-order valence-corrected chi connectivity index (χ3v) is 4.17. The van der Waals surface area contributed by atoms with Gasteiger partial charge in [-0.2, -0.15) is 0 Å². The zero-order chi connectivity index (χ0) is 16.1. The van der Waals surface area contributed by atoms with Gasteiger partial charge in [-0.3, -0.25) is 9.59 Å². The van der Waals surface area contributed by atoms with Gasteiger partial charge in [-0.25, -0.2) is 4.68 Å². The van der Waals surface area contributed by atoms with Crippen molar-refractivity contribution < 1.29 is 4.79 Å². The fourth-order valence-corrected chi connectivity index (χ4v) is 2.82. The van der Waals surface area contributed by atoms with Crippen LogP contribution in [0.3, 0.4) is 0 Å². The maximum absolute atomic E-state index is 12.3. The normalized spacial score (nSPS) is 17.2. The Morgan fingerprint density at radius 2 is 2.21 bits per heavy atom. The van der Waals surface area contributed by atoms with Crippen molar-refractivity contribution in [3.8, 4) is 0 Å². The summed E-state index contributed by atoms with van der Waals surface area (Å²) in [5, 5.41) is 14.7. The van der Waals surface area contributed by atoms with Crippen LogP contribution in [0, 0.1) is 5.92 Å². The average Bonchev–Trinajstić information content (AvgIpc) is 2.60. The first-order chi connectivity index (χ1) is 11.2. The molecule has 0 saturated carbocycles.